The maximum Gasteiger partial charge on any atom is 0.236 e. The van der Waals surface area contributed by atoms with Gasteiger partial charge in [-0.05, 0) is 32.7 Å². The van der Waals surface area contributed by atoms with E-state index in [0.717, 1.165) is 38.8 Å². The lowest BCUT2D eigenvalue weighted by atomic mass is 9.94. The van der Waals surface area contributed by atoms with Crippen molar-refractivity contribution in [2.75, 3.05) is 32.8 Å². The maximum atomic E-state index is 12.5. The summed E-state index contributed by atoms with van der Waals surface area (Å²) in [6, 6.07) is 0.448. The van der Waals surface area contributed by atoms with Crippen molar-refractivity contribution in [1.29, 1.82) is 0 Å². The molecule has 4 heteroatoms. The molecule has 1 amide bonds. The van der Waals surface area contributed by atoms with Crippen LogP contribution in [0.2, 0.25) is 0 Å². The first kappa shape index (κ1) is 17.4. The van der Waals surface area contributed by atoms with Crippen LogP contribution in [0.25, 0.3) is 0 Å². The van der Waals surface area contributed by atoms with Gasteiger partial charge in [0.15, 0.2) is 0 Å². The van der Waals surface area contributed by atoms with Crippen molar-refractivity contribution < 1.29 is 9.90 Å². The maximum absolute atomic E-state index is 12.5. The van der Waals surface area contributed by atoms with E-state index < -0.39 is 0 Å². The van der Waals surface area contributed by atoms with E-state index in [4.69, 9.17) is 5.11 Å². The van der Waals surface area contributed by atoms with Crippen molar-refractivity contribution in [2.45, 2.75) is 64.8 Å². The minimum atomic E-state index is 0.131. The van der Waals surface area contributed by atoms with E-state index in [2.05, 4.69) is 23.6 Å². The highest BCUT2D eigenvalue weighted by molar-refractivity contribution is 5.78. The van der Waals surface area contributed by atoms with Crippen LogP contribution in [-0.2, 0) is 4.79 Å². The van der Waals surface area contributed by atoms with E-state index in [0.29, 0.717) is 19.1 Å². The second kappa shape index (κ2) is 10.2. The first-order chi connectivity index (χ1) is 9.72. The lowest BCUT2D eigenvalue weighted by molar-refractivity contribution is -0.135. The van der Waals surface area contributed by atoms with Crippen molar-refractivity contribution in [3.8, 4) is 0 Å². The van der Waals surface area contributed by atoms with Gasteiger partial charge in [-0.2, -0.15) is 0 Å². The van der Waals surface area contributed by atoms with Crippen molar-refractivity contribution in [3.05, 3.63) is 0 Å². The number of aliphatic hydroxyl groups is 1. The summed E-state index contributed by atoms with van der Waals surface area (Å²) in [5, 5.41) is 9.13. The van der Waals surface area contributed by atoms with Gasteiger partial charge < -0.3 is 10.0 Å². The highest BCUT2D eigenvalue weighted by Crippen LogP contribution is 2.22. The van der Waals surface area contributed by atoms with E-state index in [1.165, 1.54) is 19.3 Å². The van der Waals surface area contributed by atoms with Crippen LogP contribution in [0.3, 0.4) is 0 Å². The number of amides is 1. The zero-order chi connectivity index (χ0) is 14.8. The second-order valence-corrected chi connectivity index (χ2v) is 5.82. The number of hydrogen-bond acceptors (Lipinski definition) is 3. The fraction of sp³-hybridized carbons (Fsp3) is 0.938. The largest absolute Gasteiger partial charge is 0.395 e. The Morgan fingerprint density at radius 3 is 2.40 bits per heavy atom. The highest BCUT2D eigenvalue weighted by Gasteiger charge is 2.25. The minimum absolute atomic E-state index is 0.131. The van der Waals surface area contributed by atoms with E-state index >= 15 is 0 Å². The SMILES string of the molecule is CCCCN(CCO)CC(=O)N(CC)C1CCCCC1. The monoisotopic (exact) mass is 284 g/mol. The zero-order valence-corrected chi connectivity index (χ0v) is 13.3. The molecule has 1 rings (SSSR count). The summed E-state index contributed by atoms with van der Waals surface area (Å²) in [4.78, 5) is 16.7. The Bertz CT molecular complexity index is 265. The molecule has 1 aliphatic carbocycles. The smallest absolute Gasteiger partial charge is 0.236 e. The number of hydrogen-bond donors (Lipinski definition) is 1. The van der Waals surface area contributed by atoms with E-state index in [1.54, 1.807) is 0 Å². The molecule has 20 heavy (non-hydrogen) atoms. The molecular weight excluding hydrogens is 252 g/mol. The van der Waals surface area contributed by atoms with Gasteiger partial charge >= 0.3 is 0 Å². The van der Waals surface area contributed by atoms with E-state index in [-0.39, 0.29) is 12.5 Å². The third kappa shape index (κ3) is 5.80. The van der Waals surface area contributed by atoms with E-state index in [9.17, 15) is 4.79 Å². The Morgan fingerprint density at radius 2 is 1.85 bits per heavy atom. The number of aliphatic hydroxyl groups excluding tert-OH is 1. The van der Waals surface area contributed by atoms with Gasteiger partial charge in [0.05, 0.1) is 13.2 Å². The molecule has 1 N–H and O–H groups in total. The third-order valence-electron chi connectivity index (χ3n) is 4.28. The van der Waals surface area contributed by atoms with Crippen molar-refractivity contribution in [1.82, 2.24) is 9.80 Å². The summed E-state index contributed by atoms with van der Waals surface area (Å²) in [6.45, 7) is 7.15. The summed E-state index contributed by atoms with van der Waals surface area (Å²) >= 11 is 0. The molecule has 0 aromatic heterocycles. The number of rotatable bonds is 9. The minimum Gasteiger partial charge on any atom is -0.395 e. The van der Waals surface area contributed by atoms with Gasteiger partial charge in [-0.1, -0.05) is 32.6 Å². The highest BCUT2D eigenvalue weighted by atomic mass is 16.3. The zero-order valence-electron chi connectivity index (χ0n) is 13.3. The molecule has 0 heterocycles. The summed E-state index contributed by atoms with van der Waals surface area (Å²) in [6.07, 6.45) is 8.35. The molecule has 0 aromatic rings. The van der Waals surface area contributed by atoms with Gasteiger partial charge in [-0.3, -0.25) is 9.69 Å². The topological polar surface area (TPSA) is 43.8 Å². The lowest BCUT2D eigenvalue weighted by Crippen LogP contribution is -2.47. The number of unbranched alkanes of at least 4 members (excludes halogenated alkanes) is 1. The fourth-order valence-electron chi connectivity index (χ4n) is 3.11. The average molecular weight is 284 g/mol. The molecule has 118 valence electrons. The van der Waals surface area contributed by atoms with Gasteiger partial charge in [0.25, 0.3) is 0 Å². The molecule has 0 spiro atoms. The molecule has 1 aliphatic rings. The number of carbonyl (C=O) groups is 1. The Kier molecular flexibility index (Phi) is 8.86. The number of likely N-dealkylation sites (N-methyl/N-ethyl adjacent to an activating group) is 1. The molecule has 0 unspecified atom stereocenters. The number of carbonyl (C=O) groups excluding carboxylic acids is 1. The predicted molar refractivity (Wildman–Crippen MR) is 82.7 cm³/mol. The Morgan fingerprint density at radius 1 is 1.15 bits per heavy atom. The molecule has 1 saturated carbocycles. The molecular formula is C16H32N2O2. The Labute approximate surface area is 124 Å². The summed E-state index contributed by atoms with van der Waals surface area (Å²) in [5.41, 5.74) is 0. The Hall–Kier alpha value is -0.610. The molecule has 0 aliphatic heterocycles. The van der Waals surface area contributed by atoms with E-state index in [1.807, 2.05) is 0 Å². The van der Waals surface area contributed by atoms with Crippen LogP contribution < -0.4 is 0 Å². The Balaban J connectivity index is 2.50. The molecule has 0 radical (unpaired) electrons. The fourth-order valence-corrected chi connectivity index (χ4v) is 3.11. The van der Waals surface area contributed by atoms with Crippen LogP contribution in [0.15, 0.2) is 0 Å². The standard InChI is InChI=1S/C16H32N2O2/c1-3-5-11-17(12-13-19)14-16(20)18(4-2)15-9-7-6-8-10-15/h15,19H,3-14H2,1-2H3. The van der Waals surface area contributed by atoms with Gasteiger partial charge in [-0.25, -0.2) is 0 Å². The van der Waals surface area contributed by atoms with Crippen LogP contribution in [0, 0.1) is 0 Å². The average Bonchev–Trinajstić information content (AvgIpc) is 2.47. The van der Waals surface area contributed by atoms with Gasteiger partial charge in [-0.15, -0.1) is 0 Å². The van der Waals surface area contributed by atoms with Gasteiger partial charge in [0, 0.05) is 19.1 Å². The molecule has 4 nitrogen and oxygen atoms in total. The third-order valence-corrected chi connectivity index (χ3v) is 4.28. The van der Waals surface area contributed by atoms with Crippen LogP contribution in [-0.4, -0.2) is 59.6 Å². The second-order valence-electron chi connectivity index (χ2n) is 5.82. The quantitative estimate of drug-likeness (QED) is 0.706. The van der Waals surface area contributed by atoms with Crippen molar-refractivity contribution >= 4 is 5.91 Å². The molecule has 0 bridgehead atoms. The van der Waals surface area contributed by atoms with Crippen LogP contribution in [0.4, 0.5) is 0 Å². The summed E-state index contributed by atoms with van der Waals surface area (Å²) < 4.78 is 0. The number of nitrogens with zero attached hydrogens (tertiary/aromatic N) is 2. The predicted octanol–water partition coefficient (Wildman–Crippen LogP) is 2.26. The first-order valence-electron chi connectivity index (χ1n) is 8.35. The molecule has 0 atom stereocenters. The lowest BCUT2D eigenvalue weighted by Gasteiger charge is -2.35. The normalized spacial score (nSPS) is 16.6. The van der Waals surface area contributed by atoms with Crippen molar-refractivity contribution in [3.63, 3.8) is 0 Å². The van der Waals surface area contributed by atoms with Gasteiger partial charge in [0.2, 0.25) is 5.91 Å². The van der Waals surface area contributed by atoms with Crippen LogP contribution in [0.1, 0.15) is 58.8 Å². The van der Waals surface area contributed by atoms with Crippen LogP contribution >= 0.6 is 0 Å². The summed E-state index contributed by atoms with van der Waals surface area (Å²) in [7, 11) is 0. The van der Waals surface area contributed by atoms with Crippen molar-refractivity contribution in [2.24, 2.45) is 0 Å². The van der Waals surface area contributed by atoms with Crippen LogP contribution in [0.5, 0.6) is 0 Å². The van der Waals surface area contributed by atoms with Gasteiger partial charge in [0.1, 0.15) is 0 Å². The molecule has 1 fully saturated rings. The molecule has 0 aromatic carbocycles. The molecule has 0 saturated heterocycles. The first-order valence-corrected chi connectivity index (χ1v) is 8.35. The summed E-state index contributed by atoms with van der Waals surface area (Å²) in [5.74, 6) is 0.240.